The Bertz CT molecular complexity index is 658. The van der Waals surface area contributed by atoms with E-state index in [2.05, 4.69) is 31.2 Å². The number of nitrogens with one attached hydrogen (secondary N) is 1. The maximum atomic E-state index is 5.97. The van der Waals surface area contributed by atoms with Crippen LogP contribution in [0.1, 0.15) is 31.2 Å². The predicted octanol–water partition coefficient (Wildman–Crippen LogP) is 4.01. The van der Waals surface area contributed by atoms with Crippen LogP contribution in [0.4, 0.5) is 17.3 Å². The van der Waals surface area contributed by atoms with E-state index in [9.17, 15) is 0 Å². The summed E-state index contributed by atoms with van der Waals surface area (Å²) in [5.74, 6) is 2.91. The Morgan fingerprint density at radius 1 is 1.29 bits per heavy atom. The first-order chi connectivity index (χ1) is 9.92. The number of benzene rings is 1. The lowest BCUT2D eigenvalue weighted by atomic mass is 10.2. The molecule has 112 valence electrons. The summed E-state index contributed by atoms with van der Waals surface area (Å²) in [7, 11) is 1.63. The van der Waals surface area contributed by atoms with Crippen LogP contribution in [0.25, 0.3) is 0 Å². The van der Waals surface area contributed by atoms with Gasteiger partial charge in [-0.15, -0.1) is 0 Å². The fourth-order valence-corrected chi connectivity index (χ4v) is 2.21. The van der Waals surface area contributed by atoms with Crippen molar-refractivity contribution in [3.8, 4) is 5.75 Å². The van der Waals surface area contributed by atoms with E-state index in [0.717, 1.165) is 33.1 Å². The third kappa shape index (κ3) is 3.44. The molecule has 0 saturated carbocycles. The number of nitrogens with zero attached hydrogens (tertiary/aromatic N) is 2. The number of methoxy groups -OCH3 is 1. The Balaban J connectivity index is 2.39. The number of hydrogen-bond acceptors (Lipinski definition) is 5. The quantitative estimate of drug-likeness (QED) is 0.871. The van der Waals surface area contributed by atoms with Gasteiger partial charge in [-0.3, -0.25) is 0 Å². The van der Waals surface area contributed by atoms with Gasteiger partial charge in [-0.2, -0.15) is 0 Å². The third-order valence-corrected chi connectivity index (χ3v) is 3.79. The van der Waals surface area contributed by atoms with Crippen molar-refractivity contribution in [1.29, 1.82) is 0 Å². The summed E-state index contributed by atoms with van der Waals surface area (Å²) >= 11 is 3.43. The molecule has 21 heavy (non-hydrogen) atoms. The van der Waals surface area contributed by atoms with Crippen LogP contribution in [0.15, 0.2) is 22.7 Å². The second-order valence-corrected chi connectivity index (χ2v) is 5.92. The molecule has 0 amide bonds. The Morgan fingerprint density at radius 3 is 2.62 bits per heavy atom. The van der Waals surface area contributed by atoms with Crippen LogP contribution in [0, 0.1) is 6.92 Å². The zero-order valence-corrected chi connectivity index (χ0v) is 14.2. The number of anilines is 3. The monoisotopic (exact) mass is 350 g/mol. The molecule has 1 heterocycles. The Morgan fingerprint density at radius 2 is 2.00 bits per heavy atom. The second-order valence-electron chi connectivity index (χ2n) is 5.07. The summed E-state index contributed by atoms with van der Waals surface area (Å²) in [6.07, 6.45) is 0. The molecule has 0 aliphatic rings. The van der Waals surface area contributed by atoms with E-state index in [1.54, 1.807) is 7.11 Å². The van der Waals surface area contributed by atoms with Gasteiger partial charge in [0.05, 0.1) is 11.6 Å². The van der Waals surface area contributed by atoms with Gasteiger partial charge in [0.15, 0.2) is 0 Å². The first kappa shape index (κ1) is 15.6. The average molecular weight is 351 g/mol. The van der Waals surface area contributed by atoms with Gasteiger partial charge in [0.1, 0.15) is 23.2 Å². The molecule has 6 heteroatoms. The van der Waals surface area contributed by atoms with Gasteiger partial charge in [-0.1, -0.05) is 13.8 Å². The van der Waals surface area contributed by atoms with E-state index in [-0.39, 0.29) is 5.92 Å². The van der Waals surface area contributed by atoms with Crippen molar-refractivity contribution >= 4 is 33.3 Å². The standard InChI is InChI=1S/C15H19BrN4O/c1-8(2)14-19-13(17)9(3)15(20-14)18-10-5-6-11(16)12(7-10)21-4/h5-8H,1-4H3,(H3,17,18,19,20). The molecule has 0 spiro atoms. The molecule has 2 aromatic rings. The number of nitrogens with two attached hydrogens (primary N) is 1. The Kier molecular flexibility index (Phi) is 4.67. The normalized spacial score (nSPS) is 10.8. The summed E-state index contributed by atoms with van der Waals surface area (Å²) in [4.78, 5) is 8.87. The van der Waals surface area contributed by atoms with Crippen LogP contribution in [-0.4, -0.2) is 17.1 Å². The molecule has 0 unspecified atom stereocenters. The van der Waals surface area contributed by atoms with Gasteiger partial charge in [0.2, 0.25) is 0 Å². The second kappa shape index (κ2) is 6.30. The fraction of sp³-hybridized carbons (Fsp3) is 0.333. The lowest BCUT2D eigenvalue weighted by Gasteiger charge is -2.14. The number of nitrogen functional groups attached to an aromatic ring is 1. The largest absolute Gasteiger partial charge is 0.495 e. The average Bonchev–Trinajstić information content (AvgIpc) is 2.45. The van der Waals surface area contributed by atoms with E-state index >= 15 is 0 Å². The molecule has 5 nitrogen and oxygen atoms in total. The molecule has 3 N–H and O–H groups in total. The predicted molar refractivity (Wildman–Crippen MR) is 89.2 cm³/mol. The SMILES string of the molecule is COc1cc(Nc2nc(C(C)C)nc(N)c2C)ccc1Br. The van der Waals surface area contributed by atoms with Gasteiger partial charge in [0.25, 0.3) is 0 Å². The van der Waals surface area contributed by atoms with Gasteiger partial charge in [-0.05, 0) is 35.0 Å². The summed E-state index contributed by atoms with van der Waals surface area (Å²) < 4.78 is 6.20. The van der Waals surface area contributed by atoms with Crippen LogP contribution in [0.5, 0.6) is 5.75 Å². The summed E-state index contributed by atoms with van der Waals surface area (Å²) in [6, 6.07) is 5.76. The molecule has 0 bridgehead atoms. The van der Waals surface area contributed by atoms with Crippen LogP contribution in [0.2, 0.25) is 0 Å². The summed E-state index contributed by atoms with van der Waals surface area (Å²) in [5, 5.41) is 3.28. The van der Waals surface area contributed by atoms with Crippen molar-refractivity contribution in [2.75, 3.05) is 18.2 Å². The van der Waals surface area contributed by atoms with Crippen LogP contribution in [0.3, 0.4) is 0 Å². The zero-order chi connectivity index (χ0) is 15.6. The summed E-state index contributed by atoms with van der Waals surface area (Å²) in [5.41, 5.74) is 7.68. The number of halogens is 1. The molecule has 0 atom stereocenters. The molecule has 0 aliphatic heterocycles. The van der Waals surface area contributed by atoms with Crippen molar-refractivity contribution < 1.29 is 4.74 Å². The van der Waals surface area contributed by atoms with E-state index < -0.39 is 0 Å². The first-order valence-electron chi connectivity index (χ1n) is 6.67. The fourth-order valence-electron chi connectivity index (χ4n) is 1.81. The smallest absolute Gasteiger partial charge is 0.139 e. The van der Waals surface area contributed by atoms with Crippen molar-refractivity contribution in [2.45, 2.75) is 26.7 Å². The molecule has 0 aliphatic carbocycles. The highest BCUT2D eigenvalue weighted by atomic mass is 79.9. The van der Waals surface area contributed by atoms with Gasteiger partial charge in [0, 0.05) is 23.2 Å². The van der Waals surface area contributed by atoms with Crippen molar-refractivity contribution in [3.05, 3.63) is 34.1 Å². The number of ether oxygens (including phenoxy) is 1. The zero-order valence-electron chi connectivity index (χ0n) is 12.6. The molecule has 0 saturated heterocycles. The van der Waals surface area contributed by atoms with Crippen molar-refractivity contribution in [3.63, 3.8) is 0 Å². The number of aromatic nitrogens is 2. The molecule has 0 radical (unpaired) electrons. The topological polar surface area (TPSA) is 73.1 Å². The first-order valence-corrected chi connectivity index (χ1v) is 7.46. The highest BCUT2D eigenvalue weighted by molar-refractivity contribution is 9.10. The number of hydrogen-bond donors (Lipinski definition) is 2. The van der Waals surface area contributed by atoms with E-state index in [0.29, 0.717) is 5.82 Å². The lowest BCUT2D eigenvalue weighted by Crippen LogP contribution is -2.08. The third-order valence-electron chi connectivity index (χ3n) is 3.13. The minimum absolute atomic E-state index is 0.216. The molecule has 2 rings (SSSR count). The molecule has 1 aromatic heterocycles. The van der Waals surface area contributed by atoms with E-state index in [1.165, 1.54) is 0 Å². The van der Waals surface area contributed by atoms with Crippen LogP contribution in [-0.2, 0) is 0 Å². The maximum absolute atomic E-state index is 5.97. The minimum atomic E-state index is 0.216. The Hall–Kier alpha value is -1.82. The summed E-state index contributed by atoms with van der Waals surface area (Å²) in [6.45, 7) is 5.98. The lowest BCUT2D eigenvalue weighted by molar-refractivity contribution is 0.412. The molecule has 0 fully saturated rings. The minimum Gasteiger partial charge on any atom is -0.495 e. The maximum Gasteiger partial charge on any atom is 0.139 e. The molecule has 1 aromatic carbocycles. The van der Waals surface area contributed by atoms with Crippen molar-refractivity contribution in [1.82, 2.24) is 9.97 Å². The van der Waals surface area contributed by atoms with E-state index in [1.807, 2.05) is 39.0 Å². The van der Waals surface area contributed by atoms with Gasteiger partial charge < -0.3 is 15.8 Å². The van der Waals surface area contributed by atoms with Crippen molar-refractivity contribution in [2.24, 2.45) is 0 Å². The Labute approximate surface area is 133 Å². The molecular weight excluding hydrogens is 332 g/mol. The number of rotatable bonds is 4. The molecular formula is C15H19BrN4O. The highest BCUT2D eigenvalue weighted by Gasteiger charge is 2.12. The van der Waals surface area contributed by atoms with Crippen LogP contribution >= 0.6 is 15.9 Å². The highest BCUT2D eigenvalue weighted by Crippen LogP contribution is 2.30. The van der Waals surface area contributed by atoms with E-state index in [4.69, 9.17) is 10.5 Å². The van der Waals surface area contributed by atoms with Gasteiger partial charge in [-0.25, -0.2) is 9.97 Å². The van der Waals surface area contributed by atoms with Gasteiger partial charge >= 0.3 is 0 Å². The van der Waals surface area contributed by atoms with Crippen LogP contribution < -0.4 is 15.8 Å².